The highest BCUT2D eigenvalue weighted by Gasteiger charge is 2.17. The highest BCUT2D eigenvalue weighted by Crippen LogP contribution is 2.09. The lowest BCUT2D eigenvalue weighted by Crippen LogP contribution is -2.40. The molecule has 74 valence electrons. The Bertz CT molecular complexity index is 226. The minimum Gasteiger partial charge on any atom is -0.301 e. The minimum atomic E-state index is -2.82. The Balaban J connectivity index is 3.97. The normalized spacial score (nSPS) is 13.8. The Hall–Kier alpha value is -0.0900. The summed E-state index contributed by atoms with van der Waals surface area (Å²) in [7, 11) is -0.885. The largest absolute Gasteiger partial charge is 0.301 e. The standard InChI is InChI=1S/C8H19NO2S/c1-8(2,3)9(4)6-7-12(5,10)11/h6-7H2,1-5H3. The van der Waals surface area contributed by atoms with E-state index < -0.39 is 9.84 Å². The predicted octanol–water partition coefficient (Wildman–Crippen LogP) is 0.761. The molecular weight excluding hydrogens is 174 g/mol. The lowest BCUT2D eigenvalue weighted by atomic mass is 10.1. The molecule has 0 amide bonds. The van der Waals surface area contributed by atoms with Crippen LogP contribution in [0.2, 0.25) is 0 Å². The monoisotopic (exact) mass is 193 g/mol. The Labute approximate surface area is 75.7 Å². The maximum absolute atomic E-state index is 10.8. The van der Waals surface area contributed by atoms with Crippen LogP contribution in [0.4, 0.5) is 0 Å². The van der Waals surface area contributed by atoms with Gasteiger partial charge in [0.1, 0.15) is 9.84 Å². The summed E-state index contributed by atoms with van der Waals surface area (Å²) in [5, 5.41) is 0. The Morgan fingerprint density at radius 3 is 1.92 bits per heavy atom. The predicted molar refractivity (Wildman–Crippen MR) is 52.1 cm³/mol. The van der Waals surface area contributed by atoms with E-state index in [0.717, 1.165) is 0 Å². The molecule has 0 saturated carbocycles. The van der Waals surface area contributed by atoms with Crippen LogP contribution in [-0.2, 0) is 9.84 Å². The SMILES string of the molecule is CN(CCS(C)(=O)=O)C(C)(C)C. The zero-order valence-electron chi connectivity index (χ0n) is 8.59. The fourth-order valence-corrected chi connectivity index (χ4v) is 1.24. The van der Waals surface area contributed by atoms with Gasteiger partial charge in [-0.1, -0.05) is 0 Å². The summed E-state index contributed by atoms with van der Waals surface area (Å²) in [6.07, 6.45) is 1.27. The van der Waals surface area contributed by atoms with Gasteiger partial charge < -0.3 is 4.90 Å². The van der Waals surface area contributed by atoms with Crippen molar-refractivity contribution in [1.82, 2.24) is 4.90 Å². The quantitative estimate of drug-likeness (QED) is 0.664. The van der Waals surface area contributed by atoms with Crippen molar-refractivity contribution in [1.29, 1.82) is 0 Å². The molecule has 12 heavy (non-hydrogen) atoms. The number of rotatable bonds is 3. The second-order valence-electron chi connectivity index (χ2n) is 4.22. The summed E-state index contributed by atoms with van der Waals surface area (Å²) < 4.78 is 21.7. The molecule has 0 bridgehead atoms. The molecule has 0 unspecified atom stereocenters. The Morgan fingerprint density at radius 1 is 1.25 bits per heavy atom. The average molecular weight is 193 g/mol. The van der Waals surface area contributed by atoms with Gasteiger partial charge in [0.15, 0.2) is 0 Å². The van der Waals surface area contributed by atoms with Crippen LogP contribution in [0.3, 0.4) is 0 Å². The van der Waals surface area contributed by atoms with E-state index in [4.69, 9.17) is 0 Å². The molecule has 0 atom stereocenters. The lowest BCUT2D eigenvalue weighted by Gasteiger charge is -2.31. The summed E-state index contributed by atoms with van der Waals surface area (Å²) >= 11 is 0. The van der Waals surface area contributed by atoms with Crippen LogP contribution in [0, 0.1) is 0 Å². The van der Waals surface area contributed by atoms with E-state index in [1.807, 2.05) is 11.9 Å². The number of hydrogen-bond acceptors (Lipinski definition) is 3. The molecule has 0 rings (SSSR count). The summed E-state index contributed by atoms with van der Waals surface area (Å²) in [6, 6.07) is 0. The molecule has 3 nitrogen and oxygen atoms in total. The first kappa shape index (κ1) is 11.9. The molecule has 0 aromatic heterocycles. The molecule has 0 aliphatic rings. The van der Waals surface area contributed by atoms with Gasteiger partial charge in [0.25, 0.3) is 0 Å². The first-order valence-corrected chi connectivity index (χ1v) is 6.08. The molecule has 0 aliphatic heterocycles. The van der Waals surface area contributed by atoms with Gasteiger partial charge >= 0.3 is 0 Å². The summed E-state index contributed by atoms with van der Waals surface area (Å²) in [5.74, 6) is 0.237. The molecule has 0 aliphatic carbocycles. The highest BCUT2D eigenvalue weighted by molar-refractivity contribution is 7.90. The van der Waals surface area contributed by atoms with Crippen molar-refractivity contribution < 1.29 is 8.42 Å². The van der Waals surface area contributed by atoms with E-state index in [9.17, 15) is 8.42 Å². The summed E-state index contributed by atoms with van der Waals surface area (Å²) in [5.41, 5.74) is 0.0463. The Morgan fingerprint density at radius 2 is 1.67 bits per heavy atom. The molecule has 0 spiro atoms. The topological polar surface area (TPSA) is 37.4 Å². The van der Waals surface area contributed by atoms with Gasteiger partial charge in [-0.15, -0.1) is 0 Å². The van der Waals surface area contributed by atoms with E-state index in [-0.39, 0.29) is 11.3 Å². The third-order valence-corrected chi connectivity index (χ3v) is 2.87. The van der Waals surface area contributed by atoms with Crippen molar-refractivity contribution in [3.05, 3.63) is 0 Å². The van der Waals surface area contributed by atoms with E-state index in [1.165, 1.54) is 6.26 Å². The second-order valence-corrected chi connectivity index (χ2v) is 6.48. The van der Waals surface area contributed by atoms with Crippen molar-refractivity contribution in [3.8, 4) is 0 Å². The van der Waals surface area contributed by atoms with Gasteiger partial charge in [-0.05, 0) is 27.8 Å². The molecule has 0 aromatic carbocycles. The van der Waals surface area contributed by atoms with Gasteiger partial charge in [-0.25, -0.2) is 8.42 Å². The number of nitrogens with zero attached hydrogens (tertiary/aromatic N) is 1. The zero-order valence-corrected chi connectivity index (χ0v) is 9.40. The molecule has 4 heteroatoms. The van der Waals surface area contributed by atoms with E-state index >= 15 is 0 Å². The van der Waals surface area contributed by atoms with Crippen LogP contribution in [0.1, 0.15) is 20.8 Å². The highest BCUT2D eigenvalue weighted by atomic mass is 32.2. The van der Waals surface area contributed by atoms with Crippen LogP contribution in [-0.4, -0.2) is 44.5 Å². The van der Waals surface area contributed by atoms with Crippen molar-refractivity contribution in [2.24, 2.45) is 0 Å². The van der Waals surface area contributed by atoms with Crippen LogP contribution < -0.4 is 0 Å². The fourth-order valence-electron chi connectivity index (χ4n) is 0.638. The first-order valence-electron chi connectivity index (χ1n) is 4.02. The summed E-state index contributed by atoms with van der Waals surface area (Å²) in [4.78, 5) is 2.04. The smallest absolute Gasteiger partial charge is 0.148 e. The van der Waals surface area contributed by atoms with Crippen molar-refractivity contribution >= 4 is 9.84 Å². The second kappa shape index (κ2) is 3.75. The maximum Gasteiger partial charge on any atom is 0.148 e. The minimum absolute atomic E-state index is 0.0463. The molecule has 0 saturated heterocycles. The van der Waals surface area contributed by atoms with Gasteiger partial charge in [-0.2, -0.15) is 0 Å². The number of hydrogen-bond donors (Lipinski definition) is 0. The van der Waals surface area contributed by atoms with Crippen LogP contribution in [0.5, 0.6) is 0 Å². The van der Waals surface area contributed by atoms with Crippen molar-refractivity contribution in [2.75, 3.05) is 25.6 Å². The fraction of sp³-hybridized carbons (Fsp3) is 1.00. The lowest BCUT2D eigenvalue weighted by molar-refractivity contribution is 0.186. The van der Waals surface area contributed by atoms with Gasteiger partial charge in [0.05, 0.1) is 5.75 Å². The van der Waals surface area contributed by atoms with Gasteiger partial charge in [0, 0.05) is 18.3 Å². The van der Waals surface area contributed by atoms with Crippen LogP contribution in [0.15, 0.2) is 0 Å². The van der Waals surface area contributed by atoms with E-state index in [0.29, 0.717) is 6.54 Å². The molecule has 0 aromatic rings. The van der Waals surface area contributed by atoms with Crippen LogP contribution in [0.25, 0.3) is 0 Å². The van der Waals surface area contributed by atoms with E-state index in [1.54, 1.807) is 0 Å². The van der Waals surface area contributed by atoms with Gasteiger partial charge in [-0.3, -0.25) is 0 Å². The van der Waals surface area contributed by atoms with Crippen molar-refractivity contribution in [2.45, 2.75) is 26.3 Å². The molecule has 0 N–H and O–H groups in total. The molecule has 0 heterocycles. The third kappa shape index (κ3) is 5.55. The first-order chi connectivity index (χ1) is 5.13. The van der Waals surface area contributed by atoms with E-state index in [2.05, 4.69) is 20.8 Å². The maximum atomic E-state index is 10.8. The third-order valence-electron chi connectivity index (χ3n) is 1.94. The Kier molecular flexibility index (Phi) is 3.72. The van der Waals surface area contributed by atoms with Crippen LogP contribution >= 0.6 is 0 Å². The zero-order chi connectivity index (χ0) is 9.99. The van der Waals surface area contributed by atoms with Crippen molar-refractivity contribution in [3.63, 3.8) is 0 Å². The average Bonchev–Trinajstić information content (AvgIpc) is 1.78. The molecule has 0 radical (unpaired) electrons. The molecule has 0 fully saturated rings. The molecular formula is C8H19NO2S. The number of sulfone groups is 1. The summed E-state index contributed by atoms with van der Waals surface area (Å²) in [6.45, 7) is 6.79. The van der Waals surface area contributed by atoms with Gasteiger partial charge in [0.2, 0.25) is 0 Å².